The van der Waals surface area contributed by atoms with Crippen LogP contribution >= 0.6 is 0 Å². The van der Waals surface area contributed by atoms with Crippen molar-refractivity contribution in [2.75, 3.05) is 6.54 Å². The summed E-state index contributed by atoms with van der Waals surface area (Å²) >= 11 is 0. The first kappa shape index (κ1) is 13.0. The maximum absolute atomic E-state index is 9.87. The van der Waals surface area contributed by atoms with E-state index in [4.69, 9.17) is 10.8 Å². The molecule has 0 saturated heterocycles. The Morgan fingerprint density at radius 2 is 2.24 bits per heavy atom. The summed E-state index contributed by atoms with van der Waals surface area (Å²) in [5.74, 6) is 0. The van der Waals surface area contributed by atoms with Crippen LogP contribution in [0.4, 0.5) is 0 Å². The molecule has 0 heterocycles. The first-order valence-electron chi connectivity index (χ1n) is 4.98. The van der Waals surface area contributed by atoms with E-state index in [-0.39, 0.29) is 6.54 Å². The van der Waals surface area contributed by atoms with Gasteiger partial charge >= 0.3 is 0 Å². The van der Waals surface area contributed by atoms with E-state index in [2.05, 4.69) is 10.0 Å². The monoisotopic (exact) mass is 232 g/mol. The molecule has 0 aliphatic carbocycles. The summed E-state index contributed by atoms with van der Waals surface area (Å²) in [5.41, 5.74) is 9.65. The molecule has 0 amide bonds. The van der Waals surface area contributed by atoms with Crippen molar-refractivity contribution in [3.63, 3.8) is 0 Å². The van der Waals surface area contributed by atoms with Crippen LogP contribution in [0, 0.1) is 18.3 Å². The Labute approximate surface area is 98.4 Å². The van der Waals surface area contributed by atoms with E-state index in [1.165, 1.54) is 0 Å². The van der Waals surface area contributed by atoms with Crippen LogP contribution in [0.5, 0.6) is 0 Å². The van der Waals surface area contributed by atoms with E-state index >= 15 is 0 Å². The molecule has 17 heavy (non-hydrogen) atoms. The van der Waals surface area contributed by atoms with Crippen LogP contribution in [0.2, 0.25) is 0 Å². The van der Waals surface area contributed by atoms with Gasteiger partial charge in [0.1, 0.15) is 6.10 Å². The van der Waals surface area contributed by atoms with Gasteiger partial charge in [0.15, 0.2) is 0 Å². The summed E-state index contributed by atoms with van der Waals surface area (Å²) in [4.78, 5) is 2.51. The third-order valence-corrected chi connectivity index (χ3v) is 2.51. The Hall–Kier alpha value is -2.06. The van der Waals surface area contributed by atoms with Crippen LogP contribution in [0.3, 0.4) is 0 Å². The number of aliphatic hydroxyl groups is 2. The average Bonchev–Trinajstić information content (AvgIpc) is 2.35. The van der Waals surface area contributed by atoms with Gasteiger partial charge < -0.3 is 10.2 Å². The smallest absolute Gasteiger partial charge is 0.105 e. The fourth-order valence-corrected chi connectivity index (χ4v) is 1.52. The van der Waals surface area contributed by atoms with Gasteiger partial charge in [0.05, 0.1) is 24.3 Å². The fourth-order valence-electron chi connectivity index (χ4n) is 1.52. The normalized spacial score (nSPS) is 13.3. The van der Waals surface area contributed by atoms with Crippen molar-refractivity contribution in [1.29, 1.82) is 5.26 Å². The SMILES string of the molecule is Cc1c(C#N)cccc1C(O)C(O)CN=[N+]=[N-]. The number of benzene rings is 1. The number of azide groups is 1. The highest BCUT2D eigenvalue weighted by atomic mass is 16.3. The Morgan fingerprint density at radius 1 is 1.53 bits per heavy atom. The second-order valence-electron chi connectivity index (χ2n) is 3.56. The first-order chi connectivity index (χ1) is 8.11. The maximum Gasteiger partial charge on any atom is 0.105 e. The molecule has 0 saturated carbocycles. The molecule has 2 N–H and O–H groups in total. The average molecular weight is 232 g/mol. The van der Waals surface area contributed by atoms with Crippen molar-refractivity contribution in [2.24, 2.45) is 5.11 Å². The van der Waals surface area contributed by atoms with Crippen molar-refractivity contribution in [2.45, 2.75) is 19.1 Å². The molecule has 2 unspecified atom stereocenters. The van der Waals surface area contributed by atoms with Gasteiger partial charge in [0, 0.05) is 4.91 Å². The van der Waals surface area contributed by atoms with Crippen LogP contribution in [0.25, 0.3) is 10.4 Å². The summed E-state index contributed by atoms with van der Waals surface area (Å²) < 4.78 is 0. The largest absolute Gasteiger partial charge is 0.390 e. The second-order valence-corrected chi connectivity index (χ2v) is 3.56. The van der Waals surface area contributed by atoms with Gasteiger partial charge in [0.25, 0.3) is 0 Å². The Morgan fingerprint density at radius 3 is 2.82 bits per heavy atom. The lowest BCUT2D eigenvalue weighted by Gasteiger charge is -2.18. The summed E-state index contributed by atoms with van der Waals surface area (Å²) in [5, 5.41) is 31.5. The standard InChI is InChI=1S/C11H12N4O2/c1-7-8(5-12)3-2-4-9(7)11(17)10(16)6-14-15-13/h2-4,10-11,16-17H,6H2,1H3. The predicted octanol–water partition coefficient (Wildman–Crippen LogP) is 1.57. The van der Waals surface area contributed by atoms with Crippen molar-refractivity contribution in [3.8, 4) is 6.07 Å². The summed E-state index contributed by atoms with van der Waals surface area (Å²) in [6.45, 7) is 1.48. The molecule has 1 aromatic carbocycles. The first-order valence-corrected chi connectivity index (χ1v) is 4.98. The van der Waals surface area contributed by atoms with Gasteiger partial charge in [-0.2, -0.15) is 5.26 Å². The summed E-state index contributed by atoms with van der Waals surface area (Å²) in [6.07, 6.45) is -2.35. The van der Waals surface area contributed by atoms with Crippen LogP contribution in [0.15, 0.2) is 23.3 Å². The molecule has 0 aliphatic heterocycles. The van der Waals surface area contributed by atoms with E-state index in [9.17, 15) is 10.2 Å². The van der Waals surface area contributed by atoms with E-state index in [0.717, 1.165) is 0 Å². The van der Waals surface area contributed by atoms with Crippen molar-refractivity contribution >= 4 is 0 Å². The topological polar surface area (TPSA) is 113 Å². The van der Waals surface area contributed by atoms with Gasteiger partial charge in [0.2, 0.25) is 0 Å². The lowest BCUT2D eigenvalue weighted by Crippen LogP contribution is -2.22. The molecule has 2 atom stereocenters. The highest BCUT2D eigenvalue weighted by molar-refractivity contribution is 5.43. The molecule has 0 radical (unpaired) electrons. The molecule has 0 aromatic heterocycles. The highest BCUT2D eigenvalue weighted by Crippen LogP contribution is 2.23. The van der Waals surface area contributed by atoms with Crippen LogP contribution < -0.4 is 0 Å². The van der Waals surface area contributed by atoms with E-state index in [1.54, 1.807) is 25.1 Å². The lowest BCUT2D eigenvalue weighted by atomic mass is 9.96. The molecular formula is C11H12N4O2. The second kappa shape index (κ2) is 5.87. The minimum atomic E-state index is -1.18. The fraction of sp³-hybridized carbons (Fsp3) is 0.364. The lowest BCUT2D eigenvalue weighted by molar-refractivity contribution is 0.0240. The summed E-state index contributed by atoms with van der Waals surface area (Å²) in [7, 11) is 0. The van der Waals surface area contributed by atoms with Crippen molar-refractivity contribution in [1.82, 2.24) is 0 Å². The Kier molecular flexibility index (Phi) is 4.49. The van der Waals surface area contributed by atoms with Gasteiger partial charge in [-0.05, 0) is 29.6 Å². The zero-order valence-corrected chi connectivity index (χ0v) is 9.28. The Balaban J connectivity index is 3.00. The van der Waals surface area contributed by atoms with Crippen LogP contribution in [0.1, 0.15) is 22.8 Å². The molecule has 0 aliphatic rings. The highest BCUT2D eigenvalue weighted by Gasteiger charge is 2.20. The predicted molar refractivity (Wildman–Crippen MR) is 60.9 cm³/mol. The Bertz CT molecular complexity index is 489. The van der Waals surface area contributed by atoms with Crippen LogP contribution in [-0.2, 0) is 0 Å². The minimum absolute atomic E-state index is 0.214. The zero-order valence-electron chi connectivity index (χ0n) is 9.28. The maximum atomic E-state index is 9.87. The molecule has 88 valence electrons. The van der Waals surface area contributed by atoms with Gasteiger partial charge in [-0.15, -0.1) is 0 Å². The number of hydrogen-bond acceptors (Lipinski definition) is 4. The minimum Gasteiger partial charge on any atom is -0.390 e. The molecule has 1 rings (SSSR count). The van der Waals surface area contributed by atoms with Crippen molar-refractivity contribution in [3.05, 3.63) is 45.3 Å². The molecule has 0 bridgehead atoms. The number of aliphatic hydroxyl groups excluding tert-OH is 2. The molecular weight excluding hydrogens is 220 g/mol. The van der Waals surface area contributed by atoms with Crippen LogP contribution in [-0.4, -0.2) is 22.9 Å². The van der Waals surface area contributed by atoms with E-state index in [1.807, 2.05) is 6.07 Å². The number of rotatable bonds is 4. The quantitative estimate of drug-likeness (QED) is 0.466. The van der Waals surface area contributed by atoms with Gasteiger partial charge in [-0.1, -0.05) is 17.2 Å². The number of nitriles is 1. The molecule has 6 nitrogen and oxygen atoms in total. The number of nitrogens with zero attached hydrogens (tertiary/aromatic N) is 4. The molecule has 0 fully saturated rings. The van der Waals surface area contributed by atoms with E-state index in [0.29, 0.717) is 16.7 Å². The van der Waals surface area contributed by atoms with Gasteiger partial charge in [-0.3, -0.25) is 0 Å². The molecule has 6 heteroatoms. The van der Waals surface area contributed by atoms with Crippen molar-refractivity contribution < 1.29 is 10.2 Å². The summed E-state index contributed by atoms with van der Waals surface area (Å²) in [6, 6.07) is 6.88. The number of hydrogen-bond donors (Lipinski definition) is 2. The van der Waals surface area contributed by atoms with E-state index < -0.39 is 12.2 Å². The molecule has 1 aromatic rings. The molecule has 0 spiro atoms. The third-order valence-electron chi connectivity index (χ3n) is 2.51. The third kappa shape index (κ3) is 2.95. The zero-order chi connectivity index (χ0) is 12.8. The van der Waals surface area contributed by atoms with Gasteiger partial charge in [-0.25, -0.2) is 0 Å².